The second-order valence-corrected chi connectivity index (χ2v) is 5.28. The number of aromatic hydroxyl groups is 1. The Morgan fingerprint density at radius 2 is 2.11 bits per heavy atom. The van der Waals surface area contributed by atoms with Crippen LogP contribution in [0.4, 0.5) is 0 Å². The van der Waals surface area contributed by atoms with Gasteiger partial charge in [0.2, 0.25) is 0 Å². The van der Waals surface area contributed by atoms with Gasteiger partial charge in [0, 0.05) is 6.07 Å². The van der Waals surface area contributed by atoms with E-state index in [-0.39, 0.29) is 11.3 Å². The maximum absolute atomic E-state index is 11.4. The third-order valence-electron chi connectivity index (χ3n) is 3.91. The molecule has 1 aliphatic rings. The molecule has 0 aromatic carbocycles. The van der Waals surface area contributed by atoms with Gasteiger partial charge in [0.25, 0.3) is 5.56 Å². The van der Waals surface area contributed by atoms with Crippen LogP contribution in [-0.4, -0.2) is 19.9 Å². The number of nitrogens with one attached hydrogen (secondary N) is 1. The Hall–Kier alpha value is -1.78. The van der Waals surface area contributed by atoms with E-state index in [0.717, 1.165) is 18.8 Å². The van der Waals surface area contributed by atoms with Gasteiger partial charge < -0.3 is 10.1 Å². The molecule has 3 rings (SSSR count). The van der Waals surface area contributed by atoms with Crippen molar-refractivity contribution in [2.75, 3.05) is 0 Å². The predicted octanol–water partition coefficient (Wildman–Crippen LogP) is 2.18. The van der Waals surface area contributed by atoms with Crippen LogP contribution in [0.3, 0.4) is 0 Å². The van der Waals surface area contributed by atoms with Gasteiger partial charge in [-0.05, 0) is 31.6 Å². The summed E-state index contributed by atoms with van der Waals surface area (Å²) in [6.45, 7) is 2.27. The topological polar surface area (TPSA) is 70.9 Å². The van der Waals surface area contributed by atoms with E-state index in [9.17, 15) is 9.90 Å². The Balaban J connectivity index is 2.05. The molecule has 0 unspecified atom stereocenters. The molecule has 2 aromatic heterocycles. The number of pyridine rings is 1. The fourth-order valence-corrected chi connectivity index (χ4v) is 2.79. The molecule has 2 N–H and O–H groups in total. The van der Waals surface area contributed by atoms with Crippen LogP contribution < -0.4 is 5.56 Å². The Morgan fingerprint density at radius 1 is 1.39 bits per heavy atom. The van der Waals surface area contributed by atoms with Crippen molar-refractivity contribution in [3.8, 4) is 5.75 Å². The molecule has 0 aliphatic heterocycles. The molecule has 1 fully saturated rings. The maximum atomic E-state index is 11.4. The molecule has 18 heavy (non-hydrogen) atoms. The minimum atomic E-state index is -0.286. The summed E-state index contributed by atoms with van der Waals surface area (Å²) in [6.07, 6.45) is 6.16. The van der Waals surface area contributed by atoms with E-state index in [1.165, 1.54) is 18.9 Å². The van der Waals surface area contributed by atoms with Crippen molar-refractivity contribution >= 4 is 11.0 Å². The molecule has 5 nitrogen and oxygen atoms in total. The SMILES string of the molecule is CC1CCC(n2ncc3c(O)cc(=O)[nH]c32)CC1. The highest BCUT2D eigenvalue weighted by Crippen LogP contribution is 2.33. The second kappa shape index (κ2) is 4.15. The molecule has 2 heterocycles. The third kappa shape index (κ3) is 1.79. The number of fused-ring (bicyclic) bond motifs is 1. The fourth-order valence-electron chi connectivity index (χ4n) is 2.79. The van der Waals surface area contributed by atoms with Gasteiger partial charge in [-0.15, -0.1) is 0 Å². The van der Waals surface area contributed by atoms with Gasteiger partial charge >= 0.3 is 0 Å². The lowest BCUT2D eigenvalue weighted by molar-refractivity contribution is 0.278. The van der Waals surface area contributed by atoms with Crippen LogP contribution in [0.25, 0.3) is 11.0 Å². The zero-order chi connectivity index (χ0) is 12.7. The van der Waals surface area contributed by atoms with Crippen LogP contribution in [0.15, 0.2) is 17.1 Å². The van der Waals surface area contributed by atoms with Crippen molar-refractivity contribution in [2.24, 2.45) is 5.92 Å². The van der Waals surface area contributed by atoms with Crippen molar-refractivity contribution in [3.63, 3.8) is 0 Å². The summed E-state index contributed by atoms with van der Waals surface area (Å²) in [5.41, 5.74) is 0.352. The van der Waals surface area contributed by atoms with Crippen LogP contribution in [0.1, 0.15) is 38.6 Å². The van der Waals surface area contributed by atoms with Gasteiger partial charge in [-0.3, -0.25) is 4.79 Å². The van der Waals surface area contributed by atoms with Gasteiger partial charge in [0.15, 0.2) is 0 Å². The number of rotatable bonds is 1. The predicted molar refractivity (Wildman–Crippen MR) is 68.7 cm³/mol. The Bertz CT molecular complexity index is 621. The quantitative estimate of drug-likeness (QED) is 0.811. The lowest BCUT2D eigenvalue weighted by Crippen LogP contribution is -2.19. The van der Waals surface area contributed by atoms with Crippen LogP contribution in [-0.2, 0) is 0 Å². The molecule has 1 aliphatic carbocycles. The van der Waals surface area contributed by atoms with E-state index in [1.54, 1.807) is 6.20 Å². The molecule has 0 spiro atoms. The average Bonchev–Trinajstić information content (AvgIpc) is 2.74. The summed E-state index contributed by atoms with van der Waals surface area (Å²) in [6, 6.07) is 1.52. The van der Waals surface area contributed by atoms with E-state index >= 15 is 0 Å². The summed E-state index contributed by atoms with van der Waals surface area (Å²) < 4.78 is 1.86. The highest BCUT2D eigenvalue weighted by molar-refractivity contribution is 5.81. The van der Waals surface area contributed by atoms with Crippen molar-refractivity contribution in [2.45, 2.75) is 38.6 Å². The van der Waals surface area contributed by atoms with Gasteiger partial charge in [-0.1, -0.05) is 6.92 Å². The first kappa shape index (κ1) is 11.3. The summed E-state index contributed by atoms with van der Waals surface area (Å²) in [4.78, 5) is 14.2. The second-order valence-electron chi connectivity index (χ2n) is 5.28. The van der Waals surface area contributed by atoms with E-state index in [0.29, 0.717) is 17.1 Å². The zero-order valence-corrected chi connectivity index (χ0v) is 10.4. The molecule has 0 bridgehead atoms. The number of nitrogens with zero attached hydrogens (tertiary/aromatic N) is 2. The molecular weight excluding hydrogens is 230 g/mol. The normalized spacial score (nSPS) is 24.5. The summed E-state index contributed by atoms with van der Waals surface area (Å²) in [5, 5.41) is 14.7. The lowest BCUT2D eigenvalue weighted by Gasteiger charge is -2.26. The summed E-state index contributed by atoms with van der Waals surface area (Å²) in [7, 11) is 0. The standard InChI is InChI=1S/C13H17N3O2/c1-8-2-4-9(5-3-8)16-13-10(7-14-16)11(17)6-12(18)15-13/h6-9H,2-5H2,1H3,(H2,15,17,18). The minimum absolute atomic E-state index is 0.00387. The number of hydrogen-bond donors (Lipinski definition) is 2. The van der Waals surface area contributed by atoms with Crippen LogP contribution in [0.5, 0.6) is 5.75 Å². The summed E-state index contributed by atoms with van der Waals surface area (Å²) >= 11 is 0. The lowest BCUT2D eigenvalue weighted by atomic mass is 9.87. The number of hydrogen-bond acceptors (Lipinski definition) is 3. The average molecular weight is 247 g/mol. The Kier molecular flexibility index (Phi) is 2.61. The highest BCUT2D eigenvalue weighted by atomic mass is 16.3. The molecular formula is C13H17N3O2. The van der Waals surface area contributed by atoms with E-state index in [2.05, 4.69) is 17.0 Å². The van der Waals surface area contributed by atoms with Crippen molar-refractivity contribution < 1.29 is 5.11 Å². The van der Waals surface area contributed by atoms with Crippen LogP contribution in [0.2, 0.25) is 0 Å². The van der Waals surface area contributed by atoms with Crippen LogP contribution >= 0.6 is 0 Å². The van der Waals surface area contributed by atoms with Crippen LogP contribution in [0, 0.1) is 5.92 Å². The van der Waals surface area contributed by atoms with E-state index < -0.39 is 0 Å². The molecule has 0 atom stereocenters. The third-order valence-corrected chi connectivity index (χ3v) is 3.91. The van der Waals surface area contributed by atoms with Gasteiger partial charge in [-0.25, -0.2) is 4.68 Å². The smallest absolute Gasteiger partial charge is 0.253 e. The first-order valence-electron chi connectivity index (χ1n) is 6.44. The zero-order valence-electron chi connectivity index (χ0n) is 10.4. The molecule has 96 valence electrons. The maximum Gasteiger partial charge on any atom is 0.253 e. The molecule has 0 radical (unpaired) electrons. The minimum Gasteiger partial charge on any atom is -0.507 e. The monoisotopic (exact) mass is 247 g/mol. The largest absolute Gasteiger partial charge is 0.507 e. The van der Waals surface area contributed by atoms with E-state index in [4.69, 9.17) is 0 Å². The number of aromatic nitrogens is 3. The number of H-pyrrole nitrogens is 1. The fraction of sp³-hybridized carbons (Fsp3) is 0.538. The molecule has 1 saturated carbocycles. The highest BCUT2D eigenvalue weighted by Gasteiger charge is 2.22. The van der Waals surface area contributed by atoms with Gasteiger partial charge in [0.05, 0.1) is 17.6 Å². The van der Waals surface area contributed by atoms with E-state index in [1.807, 2.05) is 4.68 Å². The molecule has 0 amide bonds. The van der Waals surface area contributed by atoms with Crippen molar-refractivity contribution in [3.05, 3.63) is 22.6 Å². The molecule has 0 saturated heterocycles. The van der Waals surface area contributed by atoms with Crippen molar-refractivity contribution in [1.29, 1.82) is 0 Å². The Labute approximate surface area is 104 Å². The Morgan fingerprint density at radius 3 is 2.83 bits per heavy atom. The van der Waals surface area contributed by atoms with Crippen molar-refractivity contribution in [1.82, 2.24) is 14.8 Å². The van der Waals surface area contributed by atoms with Gasteiger partial charge in [0.1, 0.15) is 11.4 Å². The first-order chi connectivity index (χ1) is 8.65. The van der Waals surface area contributed by atoms with Gasteiger partial charge in [-0.2, -0.15) is 5.10 Å². The molecule has 5 heteroatoms. The molecule has 2 aromatic rings. The summed E-state index contributed by atoms with van der Waals surface area (Å²) in [5.74, 6) is 0.778. The first-order valence-corrected chi connectivity index (χ1v) is 6.44. The number of aromatic amines is 1.